The zero-order valence-electron chi connectivity index (χ0n) is 16.6. The number of likely N-dealkylation sites (tertiary alicyclic amines) is 1. The number of hydrogen-bond donors (Lipinski definition) is 4. The molecule has 0 unspecified atom stereocenters. The van der Waals surface area contributed by atoms with Crippen LogP contribution in [0, 0.1) is 10.1 Å². The molecule has 1 saturated carbocycles. The van der Waals surface area contributed by atoms with Gasteiger partial charge in [0.25, 0.3) is 11.6 Å². The smallest absolute Gasteiger partial charge is 0.315 e. The van der Waals surface area contributed by atoms with E-state index in [4.69, 9.17) is 0 Å². The maximum Gasteiger partial charge on any atom is 0.315 e. The summed E-state index contributed by atoms with van der Waals surface area (Å²) >= 11 is 0. The number of benzene rings is 1. The maximum atomic E-state index is 12.3. The number of amides is 3. The van der Waals surface area contributed by atoms with Crippen LogP contribution < -0.4 is 20.9 Å². The van der Waals surface area contributed by atoms with Gasteiger partial charge in [0.05, 0.1) is 18.0 Å². The Balaban J connectivity index is 1.39. The third-order valence-corrected chi connectivity index (χ3v) is 5.75. The van der Waals surface area contributed by atoms with Crippen molar-refractivity contribution in [3.05, 3.63) is 34.4 Å². The Morgan fingerprint density at radius 3 is 2.28 bits per heavy atom. The molecule has 9 heteroatoms. The van der Waals surface area contributed by atoms with Crippen molar-refractivity contribution in [3.8, 4) is 0 Å². The van der Waals surface area contributed by atoms with Crippen LogP contribution in [0.2, 0.25) is 0 Å². The van der Waals surface area contributed by atoms with Gasteiger partial charge in [0.1, 0.15) is 5.69 Å². The van der Waals surface area contributed by atoms with Crippen LogP contribution in [0.1, 0.15) is 44.9 Å². The van der Waals surface area contributed by atoms with E-state index >= 15 is 0 Å². The number of nitro groups is 1. The lowest BCUT2D eigenvalue weighted by Gasteiger charge is -2.30. The van der Waals surface area contributed by atoms with Gasteiger partial charge in [-0.2, -0.15) is 0 Å². The van der Waals surface area contributed by atoms with E-state index in [1.165, 1.54) is 31.4 Å². The Hall–Kier alpha value is -2.68. The molecule has 1 heterocycles. The van der Waals surface area contributed by atoms with Gasteiger partial charge in [-0.15, -0.1) is 0 Å². The van der Waals surface area contributed by atoms with Crippen molar-refractivity contribution in [1.29, 1.82) is 0 Å². The van der Waals surface area contributed by atoms with Gasteiger partial charge in [-0.3, -0.25) is 14.9 Å². The standard InChI is InChI=1S/C20H29N5O4/c26-19(23-17-8-4-5-9-18(17)25(28)29)14-24-12-10-16(11-13-24)22-20(27)21-15-6-2-1-3-7-15/h4-5,8-9,15-16H,1-3,6-7,10-14H2,(H,23,26)(H2,21,22,27)/p+1. The molecule has 29 heavy (non-hydrogen) atoms. The van der Waals surface area contributed by atoms with Gasteiger partial charge in [0, 0.05) is 31.0 Å². The van der Waals surface area contributed by atoms with Crippen LogP contribution >= 0.6 is 0 Å². The number of carbonyl (C=O) groups excluding carboxylic acids is 2. The average molecular weight is 404 g/mol. The van der Waals surface area contributed by atoms with Crippen LogP contribution in [0.15, 0.2) is 24.3 Å². The maximum absolute atomic E-state index is 12.3. The number of urea groups is 1. The molecular weight excluding hydrogens is 374 g/mol. The van der Waals surface area contributed by atoms with Crippen LogP contribution in [0.5, 0.6) is 0 Å². The quantitative estimate of drug-likeness (QED) is 0.421. The zero-order chi connectivity index (χ0) is 20.6. The first kappa shape index (κ1) is 21.0. The summed E-state index contributed by atoms with van der Waals surface area (Å²) in [6.45, 7) is 1.81. The van der Waals surface area contributed by atoms with Gasteiger partial charge in [-0.1, -0.05) is 31.4 Å². The summed E-state index contributed by atoms with van der Waals surface area (Å²) in [6.07, 6.45) is 7.36. The number of nitrogens with one attached hydrogen (secondary N) is 4. The van der Waals surface area contributed by atoms with E-state index in [0.29, 0.717) is 6.04 Å². The number of para-hydroxylation sites is 2. The highest BCUT2D eigenvalue weighted by molar-refractivity contribution is 5.93. The molecule has 0 bridgehead atoms. The number of rotatable bonds is 6. The third kappa shape index (κ3) is 6.42. The third-order valence-electron chi connectivity index (χ3n) is 5.75. The fourth-order valence-corrected chi connectivity index (χ4v) is 4.17. The minimum atomic E-state index is -0.502. The van der Waals surface area contributed by atoms with Crippen LogP contribution in [0.3, 0.4) is 0 Å². The van der Waals surface area contributed by atoms with Crippen molar-refractivity contribution < 1.29 is 19.4 Å². The van der Waals surface area contributed by atoms with E-state index in [0.717, 1.165) is 43.7 Å². The fraction of sp³-hybridized carbons (Fsp3) is 0.600. The topological polar surface area (TPSA) is 118 Å². The Bertz CT molecular complexity index is 727. The molecular formula is C20H30N5O4+. The fourth-order valence-electron chi connectivity index (χ4n) is 4.17. The van der Waals surface area contributed by atoms with Crippen LogP contribution in [-0.4, -0.2) is 48.6 Å². The highest BCUT2D eigenvalue weighted by Crippen LogP contribution is 2.22. The summed E-state index contributed by atoms with van der Waals surface area (Å²) in [7, 11) is 0. The molecule has 3 amide bonds. The number of nitrogens with zero attached hydrogens (tertiary/aromatic N) is 1. The molecule has 2 aliphatic rings. The second-order valence-electron chi connectivity index (χ2n) is 7.98. The first-order valence-corrected chi connectivity index (χ1v) is 10.4. The minimum Gasteiger partial charge on any atom is -0.335 e. The van der Waals surface area contributed by atoms with Gasteiger partial charge in [0.2, 0.25) is 0 Å². The van der Waals surface area contributed by atoms with E-state index in [1.807, 2.05) is 0 Å². The normalized spacial score (nSPS) is 22.5. The predicted molar refractivity (Wildman–Crippen MR) is 109 cm³/mol. The molecule has 3 rings (SSSR count). The molecule has 0 atom stereocenters. The van der Waals surface area contributed by atoms with Crippen LogP contribution in [0.4, 0.5) is 16.2 Å². The summed E-state index contributed by atoms with van der Waals surface area (Å²) in [5.41, 5.74) is 0.112. The lowest BCUT2D eigenvalue weighted by atomic mass is 9.96. The Kier molecular flexibility index (Phi) is 7.40. The van der Waals surface area contributed by atoms with Crippen molar-refractivity contribution in [1.82, 2.24) is 10.6 Å². The Labute approximate surface area is 170 Å². The first-order chi connectivity index (χ1) is 14.0. The average Bonchev–Trinajstić information content (AvgIpc) is 2.70. The van der Waals surface area contributed by atoms with Crippen molar-refractivity contribution in [2.75, 3.05) is 25.0 Å². The van der Waals surface area contributed by atoms with E-state index in [9.17, 15) is 19.7 Å². The highest BCUT2D eigenvalue weighted by Gasteiger charge is 2.26. The number of quaternary nitrogens is 1. The summed E-state index contributed by atoms with van der Waals surface area (Å²) < 4.78 is 0. The summed E-state index contributed by atoms with van der Waals surface area (Å²) in [4.78, 5) is 36.2. The van der Waals surface area contributed by atoms with E-state index in [1.54, 1.807) is 12.1 Å². The Morgan fingerprint density at radius 1 is 1.00 bits per heavy atom. The van der Waals surface area contributed by atoms with Gasteiger partial charge in [-0.25, -0.2) is 4.79 Å². The second kappa shape index (κ2) is 10.2. The van der Waals surface area contributed by atoms with Crippen molar-refractivity contribution in [3.63, 3.8) is 0 Å². The molecule has 0 spiro atoms. The van der Waals surface area contributed by atoms with Crippen molar-refractivity contribution >= 4 is 23.3 Å². The number of hydrogen-bond acceptors (Lipinski definition) is 4. The number of anilines is 1. The molecule has 1 aromatic rings. The zero-order valence-corrected chi connectivity index (χ0v) is 16.6. The van der Waals surface area contributed by atoms with E-state index in [-0.39, 0.29) is 35.9 Å². The molecule has 1 saturated heterocycles. The first-order valence-electron chi connectivity index (χ1n) is 10.4. The van der Waals surface area contributed by atoms with E-state index in [2.05, 4.69) is 16.0 Å². The molecule has 1 aliphatic carbocycles. The largest absolute Gasteiger partial charge is 0.335 e. The molecule has 2 fully saturated rings. The summed E-state index contributed by atoms with van der Waals surface area (Å²) in [6, 6.07) is 6.47. The van der Waals surface area contributed by atoms with Crippen LogP contribution in [0.25, 0.3) is 0 Å². The minimum absolute atomic E-state index is 0.0838. The number of piperidine rings is 1. The molecule has 9 nitrogen and oxygen atoms in total. The summed E-state index contributed by atoms with van der Waals surface area (Å²) in [5, 5.41) is 19.8. The predicted octanol–water partition coefficient (Wildman–Crippen LogP) is 1.21. The highest BCUT2D eigenvalue weighted by atomic mass is 16.6. The number of nitro benzene ring substituents is 1. The molecule has 1 aromatic carbocycles. The van der Waals surface area contributed by atoms with Gasteiger partial charge in [0.15, 0.2) is 6.54 Å². The Morgan fingerprint density at radius 2 is 1.62 bits per heavy atom. The number of carbonyl (C=O) groups is 2. The lowest BCUT2D eigenvalue weighted by Crippen LogP contribution is -3.14. The van der Waals surface area contributed by atoms with Crippen molar-refractivity contribution in [2.45, 2.75) is 57.0 Å². The molecule has 1 aliphatic heterocycles. The van der Waals surface area contributed by atoms with E-state index < -0.39 is 4.92 Å². The van der Waals surface area contributed by atoms with Gasteiger partial charge >= 0.3 is 6.03 Å². The van der Waals surface area contributed by atoms with Gasteiger partial charge < -0.3 is 20.9 Å². The SMILES string of the molecule is O=C(C[NH+]1CCC(NC(=O)NC2CCCCC2)CC1)Nc1ccccc1[N+](=O)[O-]. The van der Waals surface area contributed by atoms with Crippen molar-refractivity contribution in [2.24, 2.45) is 0 Å². The molecule has 0 radical (unpaired) electrons. The second-order valence-corrected chi connectivity index (χ2v) is 7.98. The summed E-state index contributed by atoms with van der Waals surface area (Å²) in [5.74, 6) is -0.240. The monoisotopic (exact) mass is 404 g/mol. The molecule has 0 aromatic heterocycles. The molecule has 158 valence electrons. The van der Waals surface area contributed by atoms with Crippen LogP contribution in [-0.2, 0) is 4.79 Å². The molecule has 4 N–H and O–H groups in total. The van der Waals surface area contributed by atoms with Gasteiger partial charge in [-0.05, 0) is 18.9 Å². The lowest BCUT2D eigenvalue weighted by molar-refractivity contribution is -0.897.